The van der Waals surface area contributed by atoms with Crippen molar-refractivity contribution in [1.29, 1.82) is 0 Å². The third-order valence-electron chi connectivity index (χ3n) is 2.39. The normalized spacial score (nSPS) is 14.3. The largest absolute Gasteiger partial charge is 0.478 e. The number of unbranched alkanes of at least 4 members (excludes halogenated alkanes) is 2. The molecule has 0 unspecified atom stereocenters. The number of hydrogen-bond acceptors (Lipinski definition) is 1. The van der Waals surface area contributed by atoms with E-state index in [0.717, 1.165) is 31.3 Å². The van der Waals surface area contributed by atoms with Crippen LogP contribution in [0.5, 0.6) is 0 Å². The quantitative estimate of drug-likeness (QED) is 0.732. The summed E-state index contributed by atoms with van der Waals surface area (Å²) in [6.45, 7) is 5.84. The Morgan fingerprint density at radius 3 is 2.60 bits per heavy atom. The third-order valence-corrected chi connectivity index (χ3v) is 2.39. The van der Waals surface area contributed by atoms with Gasteiger partial charge in [-0.05, 0) is 24.0 Å². The molecule has 0 spiro atoms. The van der Waals surface area contributed by atoms with Crippen LogP contribution in [0.4, 0.5) is 0 Å². The summed E-state index contributed by atoms with van der Waals surface area (Å²) in [6, 6.07) is 0. The van der Waals surface area contributed by atoms with Gasteiger partial charge < -0.3 is 5.11 Å². The van der Waals surface area contributed by atoms with E-state index in [4.69, 9.17) is 5.11 Å². The molecule has 84 valence electrons. The Kier molecular flexibility index (Phi) is 6.02. The SMILES string of the molecule is C=C1C=CC(CCCCC)=C1C(=O)O.Cl. The molecule has 1 aliphatic rings. The molecule has 1 aliphatic carbocycles. The molecule has 0 heterocycles. The summed E-state index contributed by atoms with van der Waals surface area (Å²) >= 11 is 0. The van der Waals surface area contributed by atoms with E-state index in [1.165, 1.54) is 0 Å². The van der Waals surface area contributed by atoms with Crippen LogP contribution in [0.2, 0.25) is 0 Å². The molecule has 1 N–H and O–H groups in total. The number of carboxylic acid groups (broad SMARTS) is 1. The summed E-state index contributed by atoms with van der Waals surface area (Å²) in [6.07, 6.45) is 7.87. The fourth-order valence-corrected chi connectivity index (χ4v) is 1.62. The summed E-state index contributed by atoms with van der Waals surface area (Å²) in [5.74, 6) is -0.855. The number of allylic oxidation sites excluding steroid dienone is 3. The van der Waals surface area contributed by atoms with Crippen LogP contribution in [-0.4, -0.2) is 11.1 Å². The first kappa shape index (κ1) is 14.0. The van der Waals surface area contributed by atoms with Gasteiger partial charge in [0.15, 0.2) is 0 Å². The maximum Gasteiger partial charge on any atom is 0.336 e. The topological polar surface area (TPSA) is 37.3 Å². The molecular weight excluding hydrogens is 212 g/mol. The molecule has 0 aliphatic heterocycles. The highest BCUT2D eigenvalue weighted by molar-refractivity contribution is 5.95. The standard InChI is InChI=1S/C12H16O2.ClH/c1-3-4-5-6-10-8-7-9(2)11(10)12(13)14;/h7-8H,2-6H2,1H3,(H,13,14);1H. The highest BCUT2D eigenvalue weighted by Gasteiger charge is 2.18. The minimum absolute atomic E-state index is 0. The third kappa shape index (κ3) is 3.56. The van der Waals surface area contributed by atoms with Crippen molar-refractivity contribution < 1.29 is 9.90 Å². The number of hydrogen-bond donors (Lipinski definition) is 1. The average Bonchev–Trinajstić information content (AvgIpc) is 2.47. The van der Waals surface area contributed by atoms with Gasteiger partial charge in [-0.3, -0.25) is 0 Å². The second kappa shape index (κ2) is 6.46. The van der Waals surface area contributed by atoms with E-state index in [9.17, 15) is 4.79 Å². The summed E-state index contributed by atoms with van der Waals surface area (Å²) < 4.78 is 0. The van der Waals surface area contributed by atoms with Crippen molar-refractivity contribution in [2.24, 2.45) is 0 Å². The van der Waals surface area contributed by atoms with Gasteiger partial charge in [-0.1, -0.05) is 38.5 Å². The molecule has 0 aromatic rings. The smallest absolute Gasteiger partial charge is 0.336 e. The minimum atomic E-state index is -0.855. The van der Waals surface area contributed by atoms with Crippen molar-refractivity contribution in [3.8, 4) is 0 Å². The van der Waals surface area contributed by atoms with Crippen LogP contribution in [-0.2, 0) is 4.79 Å². The van der Waals surface area contributed by atoms with Crippen LogP contribution in [0.25, 0.3) is 0 Å². The predicted molar refractivity (Wildman–Crippen MR) is 64.3 cm³/mol. The number of carbonyl (C=O) groups is 1. The fraction of sp³-hybridized carbons (Fsp3) is 0.417. The van der Waals surface area contributed by atoms with E-state index in [2.05, 4.69) is 13.5 Å². The van der Waals surface area contributed by atoms with Crippen molar-refractivity contribution in [2.75, 3.05) is 0 Å². The fourth-order valence-electron chi connectivity index (χ4n) is 1.62. The lowest BCUT2D eigenvalue weighted by molar-refractivity contribution is -0.132. The van der Waals surface area contributed by atoms with Crippen molar-refractivity contribution in [3.63, 3.8) is 0 Å². The van der Waals surface area contributed by atoms with E-state index in [0.29, 0.717) is 11.1 Å². The summed E-state index contributed by atoms with van der Waals surface area (Å²) in [5, 5.41) is 8.95. The number of carboxylic acids is 1. The second-order valence-electron chi connectivity index (χ2n) is 3.52. The minimum Gasteiger partial charge on any atom is -0.478 e. The molecular formula is C12H17ClO2. The van der Waals surface area contributed by atoms with Crippen molar-refractivity contribution in [2.45, 2.75) is 32.6 Å². The molecule has 15 heavy (non-hydrogen) atoms. The molecule has 3 heteroatoms. The molecule has 0 aromatic carbocycles. The van der Waals surface area contributed by atoms with Crippen LogP contribution in [0.3, 0.4) is 0 Å². The Bertz CT molecular complexity index is 314. The van der Waals surface area contributed by atoms with Crippen molar-refractivity contribution >= 4 is 18.4 Å². The molecule has 0 bridgehead atoms. The van der Waals surface area contributed by atoms with E-state index < -0.39 is 5.97 Å². The second-order valence-corrected chi connectivity index (χ2v) is 3.52. The molecule has 0 radical (unpaired) electrons. The van der Waals surface area contributed by atoms with Gasteiger partial charge in [-0.25, -0.2) is 4.79 Å². The van der Waals surface area contributed by atoms with Crippen LogP contribution >= 0.6 is 12.4 Å². The van der Waals surface area contributed by atoms with Crippen LogP contribution in [0.1, 0.15) is 32.6 Å². The lowest BCUT2D eigenvalue weighted by Gasteiger charge is -2.02. The first-order valence-electron chi connectivity index (χ1n) is 5.00. The number of halogens is 1. The maximum absolute atomic E-state index is 10.9. The van der Waals surface area contributed by atoms with E-state index in [1.807, 2.05) is 6.08 Å². The Hall–Kier alpha value is -1.02. The zero-order chi connectivity index (χ0) is 10.6. The van der Waals surface area contributed by atoms with Crippen LogP contribution in [0.15, 0.2) is 35.5 Å². The molecule has 0 saturated carbocycles. The Balaban J connectivity index is 0.00000196. The van der Waals surface area contributed by atoms with Gasteiger partial charge in [-0.15, -0.1) is 12.4 Å². The van der Waals surface area contributed by atoms with Gasteiger partial charge in [0, 0.05) is 0 Å². The monoisotopic (exact) mass is 228 g/mol. The predicted octanol–water partition coefficient (Wildman–Crippen LogP) is 3.50. The first-order chi connectivity index (χ1) is 6.66. The van der Waals surface area contributed by atoms with Crippen molar-refractivity contribution in [3.05, 3.63) is 35.5 Å². The van der Waals surface area contributed by atoms with Gasteiger partial charge >= 0.3 is 5.97 Å². The zero-order valence-corrected chi connectivity index (χ0v) is 9.77. The first-order valence-corrected chi connectivity index (χ1v) is 5.00. The maximum atomic E-state index is 10.9. The molecule has 0 atom stereocenters. The van der Waals surface area contributed by atoms with Gasteiger partial charge in [-0.2, -0.15) is 0 Å². The van der Waals surface area contributed by atoms with E-state index >= 15 is 0 Å². The molecule has 0 aromatic heterocycles. The number of rotatable bonds is 5. The Labute approximate surface area is 96.8 Å². The highest BCUT2D eigenvalue weighted by Crippen LogP contribution is 2.27. The van der Waals surface area contributed by atoms with Crippen LogP contribution < -0.4 is 0 Å². The van der Waals surface area contributed by atoms with Gasteiger partial charge in [0.25, 0.3) is 0 Å². The molecule has 0 amide bonds. The highest BCUT2D eigenvalue weighted by atomic mass is 35.5. The average molecular weight is 229 g/mol. The molecule has 0 saturated heterocycles. The number of aliphatic carboxylic acids is 1. The molecule has 0 fully saturated rings. The van der Waals surface area contributed by atoms with E-state index in [1.54, 1.807) is 6.08 Å². The van der Waals surface area contributed by atoms with Gasteiger partial charge in [0.1, 0.15) is 0 Å². The van der Waals surface area contributed by atoms with Gasteiger partial charge in [0.05, 0.1) is 5.57 Å². The van der Waals surface area contributed by atoms with Gasteiger partial charge in [0.2, 0.25) is 0 Å². The molecule has 2 nitrogen and oxygen atoms in total. The lowest BCUT2D eigenvalue weighted by Crippen LogP contribution is -2.02. The van der Waals surface area contributed by atoms with Crippen LogP contribution in [0, 0.1) is 0 Å². The summed E-state index contributed by atoms with van der Waals surface area (Å²) in [5.41, 5.74) is 1.96. The lowest BCUT2D eigenvalue weighted by atomic mass is 10.0. The molecule has 1 rings (SSSR count). The summed E-state index contributed by atoms with van der Waals surface area (Å²) in [7, 11) is 0. The summed E-state index contributed by atoms with van der Waals surface area (Å²) in [4.78, 5) is 10.9. The Morgan fingerprint density at radius 1 is 1.40 bits per heavy atom. The Morgan fingerprint density at radius 2 is 2.07 bits per heavy atom. The van der Waals surface area contributed by atoms with E-state index in [-0.39, 0.29) is 12.4 Å². The van der Waals surface area contributed by atoms with Crippen molar-refractivity contribution in [1.82, 2.24) is 0 Å². The zero-order valence-electron chi connectivity index (χ0n) is 8.95.